The van der Waals surface area contributed by atoms with Crippen molar-refractivity contribution in [3.05, 3.63) is 17.8 Å². The number of β-amino-alcohol motifs (C(OH)–C–C–N with tert-alkyl or cyclic N) is 1. The van der Waals surface area contributed by atoms with Crippen molar-refractivity contribution in [1.82, 2.24) is 10.2 Å². The summed E-state index contributed by atoms with van der Waals surface area (Å²) < 4.78 is 0. The van der Waals surface area contributed by atoms with Crippen LogP contribution < -0.4 is 4.90 Å². The van der Waals surface area contributed by atoms with Crippen molar-refractivity contribution in [1.29, 1.82) is 0 Å². The first-order valence-electron chi connectivity index (χ1n) is 4.48. The number of aliphatic hydroxyl groups excluding tert-OH is 1. The van der Waals surface area contributed by atoms with E-state index in [2.05, 4.69) is 15.1 Å². The number of hydrogen-bond donors (Lipinski definition) is 1. The molecule has 1 N–H and O–H groups in total. The zero-order valence-corrected chi connectivity index (χ0v) is 7.64. The molecule has 0 radical (unpaired) electrons. The average molecular weight is 179 g/mol. The molecule has 4 heteroatoms. The summed E-state index contributed by atoms with van der Waals surface area (Å²) in [7, 11) is 0. The second-order valence-electron chi connectivity index (χ2n) is 3.48. The minimum atomic E-state index is -0.206. The lowest BCUT2D eigenvalue weighted by Crippen LogP contribution is -2.22. The molecule has 2 rings (SSSR count). The number of rotatable bonds is 1. The second-order valence-corrected chi connectivity index (χ2v) is 3.48. The van der Waals surface area contributed by atoms with Gasteiger partial charge in [-0.1, -0.05) is 0 Å². The van der Waals surface area contributed by atoms with Crippen LogP contribution in [0.3, 0.4) is 0 Å². The van der Waals surface area contributed by atoms with Gasteiger partial charge in [-0.15, -0.1) is 5.10 Å². The summed E-state index contributed by atoms with van der Waals surface area (Å²) in [4.78, 5) is 2.06. The largest absolute Gasteiger partial charge is 0.391 e. The highest BCUT2D eigenvalue weighted by atomic mass is 16.3. The second kappa shape index (κ2) is 3.30. The summed E-state index contributed by atoms with van der Waals surface area (Å²) in [6.07, 6.45) is 2.35. The van der Waals surface area contributed by atoms with Crippen LogP contribution in [0.4, 0.5) is 5.82 Å². The summed E-state index contributed by atoms with van der Waals surface area (Å²) in [6, 6.07) is 1.99. The van der Waals surface area contributed by atoms with E-state index in [0.717, 1.165) is 24.3 Å². The molecule has 70 valence electrons. The summed E-state index contributed by atoms with van der Waals surface area (Å²) in [5, 5.41) is 17.2. The minimum Gasteiger partial charge on any atom is -0.391 e. The Morgan fingerprint density at radius 1 is 1.62 bits per heavy atom. The lowest BCUT2D eigenvalue weighted by Gasteiger charge is -2.15. The van der Waals surface area contributed by atoms with Gasteiger partial charge in [-0.3, -0.25) is 0 Å². The smallest absolute Gasteiger partial charge is 0.151 e. The van der Waals surface area contributed by atoms with Gasteiger partial charge in [0.25, 0.3) is 0 Å². The summed E-state index contributed by atoms with van der Waals surface area (Å²) >= 11 is 0. The molecule has 1 saturated heterocycles. The SMILES string of the molecule is Cc1cnnc(N2CCC(O)C2)c1. The van der Waals surface area contributed by atoms with Gasteiger partial charge in [-0.2, -0.15) is 5.10 Å². The molecule has 2 heterocycles. The molecule has 1 atom stereocenters. The lowest BCUT2D eigenvalue weighted by atomic mass is 10.3. The van der Waals surface area contributed by atoms with Gasteiger partial charge in [0, 0.05) is 13.1 Å². The molecule has 13 heavy (non-hydrogen) atoms. The van der Waals surface area contributed by atoms with Gasteiger partial charge in [0.15, 0.2) is 5.82 Å². The molecule has 0 spiro atoms. The molecule has 4 nitrogen and oxygen atoms in total. The van der Waals surface area contributed by atoms with E-state index in [1.807, 2.05) is 13.0 Å². The Morgan fingerprint density at radius 2 is 2.46 bits per heavy atom. The van der Waals surface area contributed by atoms with Crippen molar-refractivity contribution in [2.45, 2.75) is 19.4 Å². The molecule has 1 fully saturated rings. The van der Waals surface area contributed by atoms with E-state index in [4.69, 9.17) is 0 Å². The van der Waals surface area contributed by atoms with E-state index in [1.54, 1.807) is 6.20 Å². The van der Waals surface area contributed by atoms with Crippen molar-refractivity contribution < 1.29 is 5.11 Å². The number of aryl methyl sites for hydroxylation is 1. The van der Waals surface area contributed by atoms with Crippen molar-refractivity contribution in [3.63, 3.8) is 0 Å². The van der Waals surface area contributed by atoms with Crippen LogP contribution in [0.15, 0.2) is 12.3 Å². The van der Waals surface area contributed by atoms with E-state index < -0.39 is 0 Å². The van der Waals surface area contributed by atoms with Gasteiger partial charge in [0.2, 0.25) is 0 Å². The van der Waals surface area contributed by atoms with Crippen molar-refractivity contribution in [2.24, 2.45) is 0 Å². The third-order valence-corrected chi connectivity index (χ3v) is 2.27. The van der Waals surface area contributed by atoms with Crippen LogP contribution in [-0.2, 0) is 0 Å². The molecule has 1 aliphatic rings. The number of hydrogen-bond acceptors (Lipinski definition) is 4. The van der Waals surface area contributed by atoms with E-state index in [0.29, 0.717) is 6.54 Å². The molecule has 0 saturated carbocycles. The maximum atomic E-state index is 9.34. The highest BCUT2D eigenvalue weighted by Crippen LogP contribution is 2.17. The van der Waals surface area contributed by atoms with E-state index in [1.165, 1.54) is 0 Å². The van der Waals surface area contributed by atoms with Crippen LogP contribution >= 0.6 is 0 Å². The summed E-state index contributed by atoms with van der Waals surface area (Å²) in [5.74, 6) is 0.872. The molecule has 1 unspecified atom stereocenters. The molecule has 1 aromatic rings. The first kappa shape index (κ1) is 8.44. The third-order valence-electron chi connectivity index (χ3n) is 2.27. The Hall–Kier alpha value is -1.16. The highest BCUT2D eigenvalue weighted by Gasteiger charge is 2.21. The Kier molecular flexibility index (Phi) is 2.14. The van der Waals surface area contributed by atoms with E-state index >= 15 is 0 Å². The van der Waals surface area contributed by atoms with Gasteiger partial charge in [-0.05, 0) is 25.0 Å². The molecule has 0 bridgehead atoms. The molecule has 1 aliphatic heterocycles. The molecule has 0 aromatic carbocycles. The fourth-order valence-corrected chi connectivity index (χ4v) is 1.55. The van der Waals surface area contributed by atoms with Crippen molar-refractivity contribution in [3.8, 4) is 0 Å². The predicted molar refractivity (Wildman–Crippen MR) is 49.6 cm³/mol. The summed E-state index contributed by atoms with van der Waals surface area (Å²) in [5.41, 5.74) is 1.10. The predicted octanol–water partition coefficient (Wildman–Crippen LogP) is 0.356. The number of nitrogens with zero attached hydrogens (tertiary/aromatic N) is 3. The fourth-order valence-electron chi connectivity index (χ4n) is 1.55. The van der Waals surface area contributed by atoms with Gasteiger partial charge < -0.3 is 10.0 Å². The topological polar surface area (TPSA) is 49.2 Å². The zero-order valence-electron chi connectivity index (χ0n) is 7.64. The van der Waals surface area contributed by atoms with E-state index in [-0.39, 0.29) is 6.10 Å². The quantitative estimate of drug-likeness (QED) is 0.676. The average Bonchev–Trinajstić information content (AvgIpc) is 2.52. The lowest BCUT2D eigenvalue weighted by molar-refractivity contribution is 0.198. The van der Waals surface area contributed by atoms with Crippen molar-refractivity contribution in [2.75, 3.05) is 18.0 Å². The van der Waals surface area contributed by atoms with E-state index in [9.17, 15) is 5.11 Å². The monoisotopic (exact) mass is 179 g/mol. The molecule has 0 aliphatic carbocycles. The van der Waals surface area contributed by atoms with Crippen LogP contribution in [0, 0.1) is 6.92 Å². The van der Waals surface area contributed by atoms with Crippen LogP contribution in [-0.4, -0.2) is 34.5 Å². The minimum absolute atomic E-state index is 0.206. The van der Waals surface area contributed by atoms with Gasteiger partial charge in [-0.25, -0.2) is 0 Å². The van der Waals surface area contributed by atoms with Crippen LogP contribution in [0.5, 0.6) is 0 Å². The molecule has 1 aromatic heterocycles. The Morgan fingerprint density at radius 3 is 3.08 bits per heavy atom. The fraction of sp³-hybridized carbons (Fsp3) is 0.556. The Labute approximate surface area is 77.2 Å². The number of aromatic nitrogens is 2. The van der Waals surface area contributed by atoms with Crippen molar-refractivity contribution >= 4 is 5.82 Å². The zero-order chi connectivity index (χ0) is 9.26. The molecular weight excluding hydrogens is 166 g/mol. The molecular formula is C9H13N3O. The first-order valence-corrected chi connectivity index (χ1v) is 4.48. The highest BCUT2D eigenvalue weighted by molar-refractivity contribution is 5.40. The van der Waals surface area contributed by atoms with Gasteiger partial charge >= 0.3 is 0 Å². The van der Waals surface area contributed by atoms with Gasteiger partial charge in [0.1, 0.15) is 0 Å². The third kappa shape index (κ3) is 1.78. The van der Waals surface area contributed by atoms with Crippen LogP contribution in [0.1, 0.15) is 12.0 Å². The first-order chi connectivity index (χ1) is 6.25. The maximum Gasteiger partial charge on any atom is 0.151 e. The Bertz CT molecular complexity index is 303. The number of anilines is 1. The van der Waals surface area contributed by atoms with Crippen LogP contribution in [0.25, 0.3) is 0 Å². The van der Waals surface area contributed by atoms with Gasteiger partial charge in [0.05, 0.1) is 12.3 Å². The number of aliphatic hydroxyl groups is 1. The standard InChI is InChI=1S/C9H13N3O/c1-7-4-9(11-10-5-7)12-3-2-8(13)6-12/h4-5,8,13H,2-3,6H2,1H3. The molecule has 0 amide bonds. The maximum absolute atomic E-state index is 9.34. The van der Waals surface area contributed by atoms with Crippen LogP contribution in [0.2, 0.25) is 0 Å². The Balaban J connectivity index is 2.16. The summed E-state index contributed by atoms with van der Waals surface area (Å²) in [6.45, 7) is 3.54. The normalized spacial score (nSPS) is 22.3.